The zero-order chi connectivity index (χ0) is 15.1. The number of Topliss-reactive ketones (excluding diaryl/α,β-unsaturated/α-hetero) is 1. The number of nitrogens with zero attached hydrogens (tertiary/aromatic N) is 2. The van der Waals surface area contributed by atoms with Crippen molar-refractivity contribution in [1.29, 1.82) is 0 Å². The molecule has 0 aliphatic carbocycles. The van der Waals surface area contributed by atoms with E-state index in [0.717, 1.165) is 30.8 Å². The Labute approximate surface area is 128 Å². The summed E-state index contributed by atoms with van der Waals surface area (Å²) in [6.07, 6.45) is 3.11. The number of aryl methyl sites for hydroxylation is 1. The zero-order valence-corrected chi connectivity index (χ0v) is 13.1. The Kier molecular flexibility index (Phi) is 5.80. The molecule has 112 valence electrons. The molecule has 0 aliphatic heterocycles. The average Bonchev–Trinajstić information content (AvgIpc) is 2.98. The Morgan fingerprint density at radius 2 is 2.10 bits per heavy atom. The van der Waals surface area contributed by atoms with E-state index < -0.39 is 0 Å². The first kappa shape index (κ1) is 15.6. The summed E-state index contributed by atoms with van der Waals surface area (Å²) in [6.45, 7) is 2.14. The van der Waals surface area contributed by atoms with Crippen LogP contribution in [0, 0.1) is 0 Å². The van der Waals surface area contributed by atoms with Gasteiger partial charge in [-0.3, -0.25) is 9.89 Å². The minimum absolute atomic E-state index is 0.0579. The Hall–Kier alpha value is -1.82. The first-order valence-electron chi connectivity index (χ1n) is 6.94. The van der Waals surface area contributed by atoms with E-state index in [2.05, 4.69) is 22.1 Å². The van der Waals surface area contributed by atoms with Crippen LogP contribution >= 0.6 is 11.8 Å². The summed E-state index contributed by atoms with van der Waals surface area (Å²) in [6, 6.07) is 7.11. The number of carbonyl (C=O) groups excluding carboxylic acids is 1. The van der Waals surface area contributed by atoms with Crippen molar-refractivity contribution in [3.8, 4) is 5.75 Å². The van der Waals surface area contributed by atoms with Crippen molar-refractivity contribution in [1.82, 2.24) is 15.2 Å². The number of aromatic amines is 1. The number of carbonyl (C=O) groups is 1. The second kappa shape index (κ2) is 7.83. The third kappa shape index (κ3) is 4.60. The van der Waals surface area contributed by atoms with Gasteiger partial charge in [-0.2, -0.15) is 0 Å². The van der Waals surface area contributed by atoms with E-state index in [4.69, 9.17) is 4.74 Å². The third-order valence-corrected chi connectivity index (χ3v) is 3.87. The number of nitrogens with one attached hydrogen (secondary N) is 1. The van der Waals surface area contributed by atoms with Gasteiger partial charge in [0.05, 0.1) is 12.9 Å². The van der Waals surface area contributed by atoms with Crippen LogP contribution < -0.4 is 4.74 Å². The maximum Gasteiger partial charge on any atom is 0.208 e. The highest BCUT2D eigenvalue weighted by Gasteiger charge is 2.10. The number of rotatable bonds is 8. The summed E-state index contributed by atoms with van der Waals surface area (Å²) in [4.78, 5) is 16.4. The van der Waals surface area contributed by atoms with Gasteiger partial charge >= 0.3 is 0 Å². The first-order valence-corrected chi connectivity index (χ1v) is 7.92. The maximum atomic E-state index is 12.1. The van der Waals surface area contributed by atoms with Crippen LogP contribution in [0.25, 0.3) is 0 Å². The predicted molar refractivity (Wildman–Crippen MR) is 83.0 cm³/mol. The second-order valence-electron chi connectivity index (χ2n) is 4.61. The lowest BCUT2D eigenvalue weighted by Crippen LogP contribution is -2.02. The zero-order valence-electron chi connectivity index (χ0n) is 12.3. The lowest BCUT2D eigenvalue weighted by Gasteiger charge is -2.01. The summed E-state index contributed by atoms with van der Waals surface area (Å²) >= 11 is 1.35. The number of H-pyrrole nitrogens is 1. The molecule has 0 aliphatic rings. The molecule has 0 unspecified atom stereocenters. The Balaban J connectivity index is 1.86. The fourth-order valence-corrected chi connectivity index (χ4v) is 2.50. The quantitative estimate of drug-likeness (QED) is 0.599. The van der Waals surface area contributed by atoms with Crippen molar-refractivity contribution in [2.24, 2.45) is 0 Å². The van der Waals surface area contributed by atoms with Crippen LogP contribution in [0.4, 0.5) is 0 Å². The molecule has 0 bridgehead atoms. The summed E-state index contributed by atoms with van der Waals surface area (Å²) in [5, 5.41) is 7.65. The van der Waals surface area contributed by atoms with E-state index >= 15 is 0 Å². The fraction of sp³-hybridized carbons (Fsp3) is 0.400. The number of ketones is 1. The van der Waals surface area contributed by atoms with E-state index in [1.165, 1.54) is 11.8 Å². The molecule has 0 spiro atoms. The molecule has 0 saturated carbocycles. The summed E-state index contributed by atoms with van der Waals surface area (Å²) in [5.74, 6) is 2.02. The lowest BCUT2D eigenvalue weighted by atomic mass is 10.1. The van der Waals surface area contributed by atoms with E-state index in [9.17, 15) is 4.79 Å². The van der Waals surface area contributed by atoms with Gasteiger partial charge in [-0.25, -0.2) is 4.98 Å². The topological polar surface area (TPSA) is 67.9 Å². The van der Waals surface area contributed by atoms with Crippen LogP contribution in [-0.4, -0.2) is 33.8 Å². The molecule has 1 aromatic carbocycles. The van der Waals surface area contributed by atoms with Gasteiger partial charge in [0.2, 0.25) is 5.16 Å². The molecule has 1 aromatic heterocycles. The largest absolute Gasteiger partial charge is 0.497 e. The average molecular weight is 305 g/mol. The summed E-state index contributed by atoms with van der Waals surface area (Å²) < 4.78 is 5.07. The van der Waals surface area contributed by atoms with Gasteiger partial charge in [-0.15, -0.1) is 5.10 Å². The van der Waals surface area contributed by atoms with Crippen molar-refractivity contribution >= 4 is 17.5 Å². The number of hydrogen-bond donors (Lipinski definition) is 1. The number of thioether (sulfide) groups is 1. The van der Waals surface area contributed by atoms with Gasteiger partial charge in [0.1, 0.15) is 11.6 Å². The molecule has 2 aromatic rings. The van der Waals surface area contributed by atoms with Gasteiger partial charge in [-0.05, 0) is 30.7 Å². The smallest absolute Gasteiger partial charge is 0.208 e. The lowest BCUT2D eigenvalue weighted by molar-refractivity contribution is 0.102. The predicted octanol–water partition coefficient (Wildman–Crippen LogP) is 3.13. The number of ether oxygens (including phenoxy) is 1. The molecular formula is C15H19N3O2S. The van der Waals surface area contributed by atoms with Crippen LogP contribution in [0.2, 0.25) is 0 Å². The SMILES string of the molecule is CCCCc1nc(SCC(=O)c2ccc(OC)cc2)n[nH]1. The molecule has 0 radical (unpaired) electrons. The molecule has 0 amide bonds. The van der Waals surface area contributed by atoms with Crippen molar-refractivity contribution < 1.29 is 9.53 Å². The van der Waals surface area contributed by atoms with Gasteiger partial charge in [0.15, 0.2) is 5.78 Å². The molecule has 21 heavy (non-hydrogen) atoms. The van der Waals surface area contributed by atoms with Crippen LogP contribution in [0.1, 0.15) is 35.9 Å². The van der Waals surface area contributed by atoms with Crippen molar-refractivity contribution in [3.05, 3.63) is 35.7 Å². The number of methoxy groups -OCH3 is 1. The van der Waals surface area contributed by atoms with E-state index in [1.54, 1.807) is 31.4 Å². The van der Waals surface area contributed by atoms with Crippen LogP contribution in [-0.2, 0) is 6.42 Å². The number of unbranched alkanes of at least 4 members (excludes halogenated alkanes) is 1. The van der Waals surface area contributed by atoms with E-state index in [0.29, 0.717) is 16.5 Å². The van der Waals surface area contributed by atoms with Gasteiger partial charge in [0, 0.05) is 12.0 Å². The molecule has 0 fully saturated rings. The van der Waals surface area contributed by atoms with Crippen LogP contribution in [0.15, 0.2) is 29.4 Å². The van der Waals surface area contributed by atoms with Crippen molar-refractivity contribution in [2.45, 2.75) is 31.3 Å². The highest BCUT2D eigenvalue weighted by Crippen LogP contribution is 2.17. The molecule has 1 heterocycles. The highest BCUT2D eigenvalue weighted by molar-refractivity contribution is 7.99. The van der Waals surface area contributed by atoms with Gasteiger partial charge in [-0.1, -0.05) is 25.1 Å². The van der Waals surface area contributed by atoms with E-state index in [1.807, 2.05) is 0 Å². The second-order valence-corrected chi connectivity index (χ2v) is 5.55. The molecule has 2 rings (SSSR count). The molecular weight excluding hydrogens is 286 g/mol. The monoisotopic (exact) mass is 305 g/mol. The number of hydrogen-bond acceptors (Lipinski definition) is 5. The van der Waals surface area contributed by atoms with Crippen molar-refractivity contribution in [3.63, 3.8) is 0 Å². The maximum absolute atomic E-state index is 12.1. The minimum atomic E-state index is 0.0579. The van der Waals surface area contributed by atoms with Crippen molar-refractivity contribution in [2.75, 3.05) is 12.9 Å². The Morgan fingerprint density at radius 1 is 1.33 bits per heavy atom. The fourth-order valence-electron chi connectivity index (χ4n) is 1.79. The molecule has 1 N–H and O–H groups in total. The molecule has 5 nitrogen and oxygen atoms in total. The first-order chi connectivity index (χ1) is 10.2. The Morgan fingerprint density at radius 3 is 2.76 bits per heavy atom. The number of aromatic nitrogens is 3. The third-order valence-electron chi connectivity index (χ3n) is 3.02. The van der Waals surface area contributed by atoms with E-state index in [-0.39, 0.29) is 5.78 Å². The minimum Gasteiger partial charge on any atom is -0.497 e. The van der Waals surface area contributed by atoms with Crippen LogP contribution in [0.3, 0.4) is 0 Å². The summed E-state index contributed by atoms with van der Waals surface area (Å²) in [5.41, 5.74) is 0.671. The standard InChI is InChI=1S/C15H19N3O2S/c1-3-4-5-14-16-15(18-17-14)21-10-13(19)11-6-8-12(20-2)9-7-11/h6-9H,3-5,10H2,1-2H3,(H,16,17,18). The molecule has 0 saturated heterocycles. The summed E-state index contributed by atoms with van der Waals surface area (Å²) in [7, 11) is 1.60. The number of benzene rings is 1. The molecule has 6 heteroatoms. The Bertz CT molecular complexity index is 581. The van der Waals surface area contributed by atoms with Crippen LogP contribution in [0.5, 0.6) is 5.75 Å². The molecule has 0 atom stereocenters. The normalized spacial score (nSPS) is 10.6. The highest BCUT2D eigenvalue weighted by atomic mass is 32.2. The van der Waals surface area contributed by atoms with Gasteiger partial charge in [0.25, 0.3) is 0 Å². The van der Waals surface area contributed by atoms with Gasteiger partial charge < -0.3 is 4.74 Å².